The van der Waals surface area contributed by atoms with Crippen LogP contribution >= 0.6 is 0 Å². The fourth-order valence-electron chi connectivity index (χ4n) is 1.67. The number of nitrogens with zero attached hydrogens (tertiary/aromatic N) is 1. The average molecular weight is 281 g/mol. The van der Waals surface area contributed by atoms with Crippen molar-refractivity contribution in [3.05, 3.63) is 65.0 Å². The molecule has 0 aliphatic rings. The molecule has 1 N–H and O–H groups in total. The maximum Gasteiger partial charge on any atom is 0.131 e. The van der Waals surface area contributed by atoms with Gasteiger partial charge in [-0.25, -0.2) is 4.39 Å². The number of halogens is 1. The van der Waals surface area contributed by atoms with Crippen molar-refractivity contribution in [3.63, 3.8) is 0 Å². The molecule has 2 aromatic carbocycles. The highest BCUT2D eigenvalue weighted by Gasteiger charge is 2.04. The van der Waals surface area contributed by atoms with Gasteiger partial charge in [0, 0.05) is 11.1 Å². The molecule has 0 spiro atoms. The zero-order valence-electron chi connectivity index (χ0n) is 11.1. The first-order valence-electron chi connectivity index (χ1n) is 6.24. The quantitative estimate of drug-likeness (QED) is 0.880. The van der Waals surface area contributed by atoms with Crippen LogP contribution in [0.15, 0.2) is 42.5 Å². The fourth-order valence-corrected chi connectivity index (χ4v) is 1.67. The first-order valence-corrected chi connectivity index (χ1v) is 6.24. The minimum absolute atomic E-state index is 0.0887. The number of aliphatic hydroxyl groups excluding tert-OH is 1. The highest BCUT2D eigenvalue weighted by molar-refractivity contribution is 5.37. The first kappa shape index (κ1) is 14.6. The molecule has 0 aliphatic carbocycles. The molecule has 2 aromatic rings. The van der Waals surface area contributed by atoms with Gasteiger partial charge >= 0.3 is 0 Å². The third-order valence-electron chi connectivity index (χ3n) is 2.74. The molecule has 21 heavy (non-hydrogen) atoms. The van der Waals surface area contributed by atoms with E-state index in [1.807, 2.05) is 6.07 Å². The molecular formula is C17H12FNO2. The van der Waals surface area contributed by atoms with E-state index in [0.717, 1.165) is 0 Å². The van der Waals surface area contributed by atoms with Crippen molar-refractivity contribution in [3.8, 4) is 23.7 Å². The van der Waals surface area contributed by atoms with Crippen LogP contribution in [0.1, 0.15) is 16.7 Å². The Kier molecular flexibility index (Phi) is 4.93. The lowest BCUT2D eigenvalue weighted by Gasteiger charge is -2.07. The lowest BCUT2D eigenvalue weighted by atomic mass is 10.1. The van der Waals surface area contributed by atoms with Gasteiger partial charge in [-0.3, -0.25) is 0 Å². The van der Waals surface area contributed by atoms with Crippen LogP contribution in [0.5, 0.6) is 5.75 Å². The molecule has 0 bridgehead atoms. The van der Waals surface area contributed by atoms with Crippen molar-refractivity contribution in [1.82, 2.24) is 0 Å². The van der Waals surface area contributed by atoms with E-state index in [-0.39, 0.29) is 13.2 Å². The molecule has 0 fully saturated rings. The van der Waals surface area contributed by atoms with Gasteiger partial charge in [-0.1, -0.05) is 17.9 Å². The summed E-state index contributed by atoms with van der Waals surface area (Å²) < 4.78 is 19.3. The van der Waals surface area contributed by atoms with Crippen molar-refractivity contribution in [2.24, 2.45) is 0 Å². The van der Waals surface area contributed by atoms with Crippen LogP contribution in [0.3, 0.4) is 0 Å². The summed E-state index contributed by atoms with van der Waals surface area (Å²) in [6, 6.07) is 13.2. The Morgan fingerprint density at radius 3 is 2.43 bits per heavy atom. The highest BCUT2D eigenvalue weighted by atomic mass is 19.1. The molecule has 0 radical (unpaired) electrons. The van der Waals surface area contributed by atoms with Crippen LogP contribution in [0.25, 0.3) is 0 Å². The van der Waals surface area contributed by atoms with Gasteiger partial charge in [-0.15, -0.1) is 0 Å². The van der Waals surface area contributed by atoms with E-state index < -0.39 is 5.82 Å². The zero-order chi connectivity index (χ0) is 15.1. The van der Waals surface area contributed by atoms with Crippen molar-refractivity contribution < 1.29 is 14.2 Å². The highest BCUT2D eigenvalue weighted by Crippen LogP contribution is 2.16. The van der Waals surface area contributed by atoms with Crippen LogP contribution in [0.2, 0.25) is 0 Å². The number of hydrogen-bond acceptors (Lipinski definition) is 3. The van der Waals surface area contributed by atoms with Crippen LogP contribution < -0.4 is 4.74 Å². The monoisotopic (exact) mass is 281 g/mol. The average Bonchev–Trinajstić information content (AvgIpc) is 2.52. The first-order chi connectivity index (χ1) is 10.2. The molecule has 0 atom stereocenters. The van der Waals surface area contributed by atoms with E-state index >= 15 is 0 Å². The van der Waals surface area contributed by atoms with Gasteiger partial charge in [0.2, 0.25) is 0 Å². The predicted octanol–water partition coefficient (Wildman–Crippen LogP) is 2.62. The Balaban J connectivity index is 2.04. The van der Waals surface area contributed by atoms with Crippen LogP contribution in [-0.2, 0) is 6.61 Å². The minimum atomic E-state index is -0.409. The third kappa shape index (κ3) is 4.07. The van der Waals surface area contributed by atoms with E-state index in [2.05, 4.69) is 11.8 Å². The normalized spacial score (nSPS) is 9.38. The molecule has 0 saturated heterocycles. The summed E-state index contributed by atoms with van der Waals surface area (Å²) >= 11 is 0. The van der Waals surface area contributed by atoms with Crippen LogP contribution in [0, 0.1) is 29.0 Å². The molecule has 0 heterocycles. The lowest BCUT2D eigenvalue weighted by Crippen LogP contribution is -1.99. The van der Waals surface area contributed by atoms with E-state index in [1.54, 1.807) is 36.4 Å². The summed E-state index contributed by atoms with van der Waals surface area (Å²) in [4.78, 5) is 0. The summed E-state index contributed by atoms with van der Waals surface area (Å²) in [5.41, 5.74) is 1.46. The summed E-state index contributed by atoms with van der Waals surface area (Å²) in [6.45, 7) is -0.170. The van der Waals surface area contributed by atoms with E-state index in [0.29, 0.717) is 22.4 Å². The minimum Gasteiger partial charge on any atom is -0.489 e. The van der Waals surface area contributed by atoms with Crippen LogP contribution in [-0.4, -0.2) is 11.7 Å². The zero-order valence-corrected chi connectivity index (χ0v) is 11.1. The van der Waals surface area contributed by atoms with Gasteiger partial charge in [-0.05, 0) is 36.4 Å². The van der Waals surface area contributed by atoms with E-state index in [9.17, 15) is 4.39 Å². The van der Waals surface area contributed by atoms with Gasteiger partial charge < -0.3 is 9.84 Å². The molecule has 0 amide bonds. The maximum atomic E-state index is 13.8. The third-order valence-corrected chi connectivity index (χ3v) is 2.74. The second kappa shape index (κ2) is 7.09. The van der Waals surface area contributed by atoms with Gasteiger partial charge in [0.15, 0.2) is 0 Å². The Hall–Kier alpha value is -2.82. The van der Waals surface area contributed by atoms with Crippen LogP contribution in [0.4, 0.5) is 4.39 Å². The molecule has 2 rings (SSSR count). The van der Waals surface area contributed by atoms with Gasteiger partial charge in [0.1, 0.15) is 24.8 Å². The lowest BCUT2D eigenvalue weighted by molar-refractivity contribution is 0.300. The van der Waals surface area contributed by atoms with Crippen molar-refractivity contribution in [2.75, 3.05) is 6.61 Å². The molecule has 104 valence electrons. The van der Waals surface area contributed by atoms with Gasteiger partial charge in [0.25, 0.3) is 0 Å². The fraction of sp³-hybridized carbons (Fsp3) is 0.118. The maximum absolute atomic E-state index is 13.8. The Labute approximate surface area is 122 Å². The second-order valence-electron chi connectivity index (χ2n) is 4.19. The van der Waals surface area contributed by atoms with Gasteiger partial charge in [0.05, 0.1) is 11.6 Å². The predicted molar refractivity (Wildman–Crippen MR) is 75.9 cm³/mol. The number of nitriles is 1. The summed E-state index contributed by atoms with van der Waals surface area (Å²) in [7, 11) is 0. The molecule has 0 aliphatic heterocycles. The molecular weight excluding hydrogens is 269 g/mol. The number of ether oxygens (including phenoxy) is 1. The molecule has 0 saturated carbocycles. The number of rotatable bonds is 3. The summed E-state index contributed by atoms with van der Waals surface area (Å²) in [5.74, 6) is 5.26. The topological polar surface area (TPSA) is 53.2 Å². The van der Waals surface area contributed by atoms with E-state index in [1.165, 1.54) is 6.07 Å². The van der Waals surface area contributed by atoms with Gasteiger partial charge in [-0.2, -0.15) is 5.26 Å². The number of hydrogen-bond donors (Lipinski definition) is 1. The molecule has 4 heteroatoms. The summed E-state index contributed by atoms with van der Waals surface area (Å²) in [6.07, 6.45) is 0. The standard InChI is InChI=1S/C17H12FNO2/c18-17-10-13(2-1-9-20)3-6-15(17)12-21-16-7-4-14(11-19)5-8-16/h3-8,10,20H,9,12H2. The largest absolute Gasteiger partial charge is 0.489 e. The molecule has 3 nitrogen and oxygen atoms in total. The second-order valence-corrected chi connectivity index (χ2v) is 4.19. The van der Waals surface area contributed by atoms with E-state index in [4.69, 9.17) is 15.1 Å². The summed E-state index contributed by atoms with van der Waals surface area (Å²) in [5, 5.41) is 17.3. The molecule has 0 aromatic heterocycles. The Morgan fingerprint density at radius 1 is 1.10 bits per heavy atom. The SMILES string of the molecule is N#Cc1ccc(OCc2ccc(C#CCO)cc2F)cc1. The number of benzene rings is 2. The van der Waals surface area contributed by atoms with Crippen molar-refractivity contribution in [1.29, 1.82) is 5.26 Å². The van der Waals surface area contributed by atoms with Crippen molar-refractivity contribution in [2.45, 2.75) is 6.61 Å². The van der Waals surface area contributed by atoms with Crippen molar-refractivity contribution >= 4 is 0 Å². The Morgan fingerprint density at radius 2 is 1.81 bits per heavy atom. The smallest absolute Gasteiger partial charge is 0.131 e. The molecule has 0 unspecified atom stereocenters. The number of aliphatic hydroxyl groups is 1. The Bertz CT molecular complexity index is 721.